The molecule has 3 heteroatoms. The molecule has 0 bridgehead atoms. The van der Waals surface area contributed by atoms with E-state index in [-0.39, 0.29) is 5.41 Å². The minimum atomic E-state index is -0.145. The lowest BCUT2D eigenvalue weighted by molar-refractivity contribution is 0.520. The van der Waals surface area contributed by atoms with Gasteiger partial charge in [-0.3, -0.25) is 0 Å². The average molecular weight is 252 g/mol. The van der Waals surface area contributed by atoms with E-state index in [4.69, 9.17) is 34.8 Å². The summed E-state index contributed by atoms with van der Waals surface area (Å²) in [5, 5.41) is 0.732. The summed E-state index contributed by atoms with van der Waals surface area (Å²) in [6.07, 6.45) is 0.917. The number of hydrogen-bond acceptors (Lipinski definition) is 0. The van der Waals surface area contributed by atoms with Crippen molar-refractivity contribution < 1.29 is 0 Å². The highest BCUT2D eigenvalue weighted by molar-refractivity contribution is 6.30. The fourth-order valence-electron chi connectivity index (χ4n) is 1.40. The Hall–Kier alpha value is 0.0900. The molecule has 1 rings (SSSR count). The number of hydrogen-bond donors (Lipinski definition) is 0. The molecular weight excluding hydrogens is 238 g/mol. The van der Waals surface area contributed by atoms with Gasteiger partial charge in [-0.25, -0.2) is 0 Å². The lowest BCUT2D eigenvalue weighted by atomic mass is 9.82. The smallest absolute Gasteiger partial charge is 0.0408 e. The molecule has 0 aliphatic carbocycles. The first kappa shape index (κ1) is 12.2. The summed E-state index contributed by atoms with van der Waals surface area (Å²) in [5.41, 5.74) is 0.978. The molecule has 0 nitrogen and oxygen atoms in total. The summed E-state index contributed by atoms with van der Waals surface area (Å²) in [6, 6.07) is 7.76. The summed E-state index contributed by atoms with van der Waals surface area (Å²) < 4.78 is 0. The molecule has 0 fully saturated rings. The average Bonchev–Trinajstić information content (AvgIpc) is 2.22. The summed E-state index contributed by atoms with van der Waals surface area (Å²) in [4.78, 5) is 0. The molecule has 1 aromatic carbocycles. The van der Waals surface area contributed by atoms with E-state index in [2.05, 4.69) is 6.92 Å². The van der Waals surface area contributed by atoms with Crippen molar-refractivity contribution in [3.05, 3.63) is 34.9 Å². The second-order valence-corrected chi connectivity index (χ2v) is 4.38. The van der Waals surface area contributed by atoms with Crippen molar-refractivity contribution in [2.24, 2.45) is 0 Å². The SMILES string of the molecule is CCC(CCl)(CCl)c1cccc(Cl)c1. The highest BCUT2D eigenvalue weighted by atomic mass is 35.5. The van der Waals surface area contributed by atoms with Crippen LogP contribution in [0.1, 0.15) is 18.9 Å². The predicted molar refractivity (Wildman–Crippen MR) is 64.9 cm³/mol. The molecule has 0 aliphatic heterocycles. The summed E-state index contributed by atoms with van der Waals surface area (Å²) in [6.45, 7) is 2.09. The minimum absolute atomic E-state index is 0.145. The Morgan fingerprint density at radius 3 is 2.29 bits per heavy atom. The van der Waals surface area contributed by atoms with Gasteiger partial charge in [0, 0.05) is 22.2 Å². The van der Waals surface area contributed by atoms with E-state index < -0.39 is 0 Å². The molecule has 0 aromatic heterocycles. The molecule has 0 unspecified atom stereocenters. The van der Waals surface area contributed by atoms with Crippen LogP contribution >= 0.6 is 34.8 Å². The van der Waals surface area contributed by atoms with Crippen LogP contribution in [0, 0.1) is 0 Å². The minimum Gasteiger partial charge on any atom is -0.126 e. The van der Waals surface area contributed by atoms with Crippen LogP contribution in [-0.2, 0) is 5.41 Å². The van der Waals surface area contributed by atoms with Crippen molar-refractivity contribution in [1.82, 2.24) is 0 Å². The van der Waals surface area contributed by atoms with Crippen LogP contribution in [0.3, 0.4) is 0 Å². The number of halogens is 3. The van der Waals surface area contributed by atoms with Gasteiger partial charge >= 0.3 is 0 Å². The third-order valence-electron chi connectivity index (χ3n) is 2.63. The molecule has 14 heavy (non-hydrogen) atoms. The fraction of sp³-hybridized carbons (Fsp3) is 0.455. The first-order chi connectivity index (χ1) is 6.68. The Morgan fingerprint density at radius 1 is 1.21 bits per heavy atom. The Kier molecular flexibility index (Phi) is 4.56. The van der Waals surface area contributed by atoms with Crippen molar-refractivity contribution >= 4 is 34.8 Å². The summed E-state index contributed by atoms with van der Waals surface area (Å²) in [7, 11) is 0. The van der Waals surface area contributed by atoms with Crippen molar-refractivity contribution in [3.8, 4) is 0 Å². The van der Waals surface area contributed by atoms with E-state index in [0.717, 1.165) is 17.0 Å². The van der Waals surface area contributed by atoms with Gasteiger partial charge in [0.15, 0.2) is 0 Å². The van der Waals surface area contributed by atoms with Crippen LogP contribution in [0.25, 0.3) is 0 Å². The van der Waals surface area contributed by atoms with Gasteiger partial charge in [-0.05, 0) is 24.1 Å². The van der Waals surface area contributed by atoms with Gasteiger partial charge in [0.2, 0.25) is 0 Å². The van der Waals surface area contributed by atoms with Crippen molar-refractivity contribution in [1.29, 1.82) is 0 Å². The zero-order valence-electron chi connectivity index (χ0n) is 8.06. The van der Waals surface area contributed by atoms with Crippen LogP contribution < -0.4 is 0 Å². The molecule has 0 aliphatic rings. The van der Waals surface area contributed by atoms with Gasteiger partial charge in [0.05, 0.1) is 0 Å². The van der Waals surface area contributed by atoms with Crippen molar-refractivity contribution in [2.75, 3.05) is 11.8 Å². The zero-order chi connectivity index (χ0) is 10.6. The first-order valence-electron chi connectivity index (χ1n) is 4.56. The third kappa shape index (κ3) is 2.36. The molecule has 0 heterocycles. The Labute approximate surface area is 100 Å². The topological polar surface area (TPSA) is 0 Å². The molecule has 0 saturated heterocycles. The van der Waals surface area contributed by atoms with Crippen LogP contribution in [-0.4, -0.2) is 11.8 Å². The predicted octanol–water partition coefficient (Wildman–Crippen LogP) is 4.47. The van der Waals surface area contributed by atoms with Crippen molar-refractivity contribution in [2.45, 2.75) is 18.8 Å². The van der Waals surface area contributed by atoms with Gasteiger partial charge in [0.1, 0.15) is 0 Å². The second kappa shape index (κ2) is 5.25. The first-order valence-corrected chi connectivity index (χ1v) is 6.01. The van der Waals surface area contributed by atoms with Crippen LogP contribution in [0.15, 0.2) is 24.3 Å². The lowest BCUT2D eigenvalue weighted by Gasteiger charge is -2.28. The Balaban J connectivity index is 3.10. The third-order valence-corrected chi connectivity index (χ3v) is 3.88. The fourth-order valence-corrected chi connectivity index (χ4v) is 2.56. The molecule has 1 aromatic rings. The molecule has 0 N–H and O–H groups in total. The van der Waals surface area contributed by atoms with Gasteiger partial charge in [-0.1, -0.05) is 30.7 Å². The monoisotopic (exact) mass is 250 g/mol. The molecule has 0 saturated carbocycles. The van der Waals surface area contributed by atoms with E-state index in [1.54, 1.807) is 0 Å². The Morgan fingerprint density at radius 2 is 1.86 bits per heavy atom. The van der Waals surface area contributed by atoms with Gasteiger partial charge in [0.25, 0.3) is 0 Å². The van der Waals surface area contributed by atoms with Crippen LogP contribution in [0.5, 0.6) is 0 Å². The maximum atomic E-state index is 5.98. The zero-order valence-corrected chi connectivity index (χ0v) is 10.3. The number of benzene rings is 1. The lowest BCUT2D eigenvalue weighted by Crippen LogP contribution is -2.29. The molecule has 0 radical (unpaired) electrons. The van der Waals surface area contributed by atoms with Gasteiger partial charge in [-0.15, -0.1) is 23.2 Å². The highest BCUT2D eigenvalue weighted by Crippen LogP contribution is 2.32. The molecule has 0 atom stereocenters. The van der Waals surface area contributed by atoms with E-state index in [9.17, 15) is 0 Å². The standard InChI is InChI=1S/C11H13Cl3/c1-2-11(7-12,8-13)9-4-3-5-10(14)6-9/h3-6H,2,7-8H2,1H3. The maximum Gasteiger partial charge on any atom is 0.0408 e. The normalized spacial score (nSPS) is 11.7. The van der Waals surface area contributed by atoms with Gasteiger partial charge in [-0.2, -0.15) is 0 Å². The Bertz CT molecular complexity index is 284. The quantitative estimate of drug-likeness (QED) is 0.693. The van der Waals surface area contributed by atoms with Crippen LogP contribution in [0.4, 0.5) is 0 Å². The molecule has 0 amide bonds. The van der Waals surface area contributed by atoms with Gasteiger partial charge < -0.3 is 0 Å². The van der Waals surface area contributed by atoms with E-state index >= 15 is 0 Å². The summed E-state index contributed by atoms with van der Waals surface area (Å²) >= 11 is 17.9. The van der Waals surface area contributed by atoms with Crippen molar-refractivity contribution in [3.63, 3.8) is 0 Å². The van der Waals surface area contributed by atoms with E-state index in [1.807, 2.05) is 24.3 Å². The maximum absolute atomic E-state index is 5.98. The van der Waals surface area contributed by atoms with E-state index in [1.165, 1.54) is 0 Å². The number of alkyl halides is 2. The second-order valence-electron chi connectivity index (χ2n) is 3.41. The molecule has 78 valence electrons. The summed E-state index contributed by atoms with van der Waals surface area (Å²) in [5.74, 6) is 1.04. The molecular formula is C11H13Cl3. The molecule has 0 spiro atoms. The van der Waals surface area contributed by atoms with Crippen LogP contribution in [0.2, 0.25) is 5.02 Å². The van der Waals surface area contributed by atoms with E-state index in [0.29, 0.717) is 11.8 Å². The number of rotatable bonds is 4. The largest absolute Gasteiger partial charge is 0.126 e. The highest BCUT2D eigenvalue weighted by Gasteiger charge is 2.28.